The summed E-state index contributed by atoms with van der Waals surface area (Å²) in [6.07, 6.45) is 1.59. The van der Waals surface area contributed by atoms with Crippen LogP contribution in [0.2, 0.25) is 0 Å². The molecule has 0 bridgehead atoms. The number of carbonyl (C=O) groups is 1. The molecule has 0 aliphatic carbocycles. The second-order valence-electron chi connectivity index (χ2n) is 8.16. The standard InChI is InChI=1S/C26H21N3O7S2/c1-4-35-25(31)22-14(2)27-26-28(23(22)20-6-5-11-37-20)24(30)21(38-26)13-16-8-10-19(36-16)17-12-15(29(32)33)7-9-18(17)34-3/h5-13,23H,4H2,1-3H3/b21-13-. The van der Waals surface area contributed by atoms with Crippen LogP contribution >= 0.6 is 22.7 Å². The van der Waals surface area contributed by atoms with E-state index < -0.39 is 16.9 Å². The Hall–Kier alpha value is -4.29. The minimum atomic E-state index is -0.659. The lowest BCUT2D eigenvalue weighted by molar-refractivity contribution is -0.384. The van der Waals surface area contributed by atoms with E-state index in [2.05, 4.69) is 4.99 Å². The number of benzene rings is 1. The number of thiophene rings is 1. The number of aromatic nitrogens is 1. The maximum absolute atomic E-state index is 13.6. The molecule has 0 fully saturated rings. The summed E-state index contributed by atoms with van der Waals surface area (Å²) in [7, 11) is 1.46. The fraction of sp³-hybridized carbons (Fsp3) is 0.192. The van der Waals surface area contributed by atoms with Crippen LogP contribution in [-0.4, -0.2) is 29.2 Å². The first-order chi connectivity index (χ1) is 18.3. The summed E-state index contributed by atoms with van der Waals surface area (Å²) in [4.78, 5) is 43.1. The first kappa shape index (κ1) is 25.4. The molecule has 0 radical (unpaired) electrons. The Kier molecular flexibility index (Phi) is 6.83. The van der Waals surface area contributed by atoms with Crippen molar-refractivity contribution in [3.63, 3.8) is 0 Å². The number of furan rings is 1. The van der Waals surface area contributed by atoms with Crippen molar-refractivity contribution in [3.05, 3.63) is 99.6 Å². The third-order valence-corrected chi connectivity index (χ3v) is 7.80. The first-order valence-corrected chi connectivity index (χ1v) is 13.2. The summed E-state index contributed by atoms with van der Waals surface area (Å²) in [6.45, 7) is 3.66. The van der Waals surface area contributed by atoms with Gasteiger partial charge in [0, 0.05) is 23.1 Å². The van der Waals surface area contributed by atoms with Gasteiger partial charge in [-0.1, -0.05) is 17.4 Å². The van der Waals surface area contributed by atoms with Gasteiger partial charge < -0.3 is 13.9 Å². The van der Waals surface area contributed by atoms with Gasteiger partial charge in [0.15, 0.2) is 4.80 Å². The number of ether oxygens (including phenoxy) is 2. The highest BCUT2D eigenvalue weighted by Crippen LogP contribution is 2.35. The molecule has 4 aromatic rings. The van der Waals surface area contributed by atoms with Gasteiger partial charge in [-0.25, -0.2) is 9.79 Å². The van der Waals surface area contributed by atoms with Crippen LogP contribution in [-0.2, 0) is 9.53 Å². The molecule has 0 saturated heterocycles. The number of carbonyl (C=O) groups excluding carboxylic acids is 1. The zero-order valence-electron chi connectivity index (χ0n) is 20.5. The molecule has 0 spiro atoms. The zero-order valence-corrected chi connectivity index (χ0v) is 22.1. The van der Waals surface area contributed by atoms with Crippen LogP contribution in [0.15, 0.2) is 73.3 Å². The van der Waals surface area contributed by atoms with Crippen molar-refractivity contribution in [1.82, 2.24) is 4.57 Å². The van der Waals surface area contributed by atoms with Crippen LogP contribution in [0, 0.1) is 10.1 Å². The van der Waals surface area contributed by atoms with E-state index in [1.807, 2.05) is 17.5 Å². The van der Waals surface area contributed by atoms with Crippen LogP contribution in [0.3, 0.4) is 0 Å². The molecular weight excluding hydrogens is 530 g/mol. The Morgan fingerprint density at radius 1 is 1.29 bits per heavy atom. The predicted octanol–water partition coefficient (Wildman–Crippen LogP) is 4.04. The molecule has 0 N–H and O–H groups in total. The van der Waals surface area contributed by atoms with Gasteiger partial charge in [-0.3, -0.25) is 19.5 Å². The number of non-ortho nitro benzene ring substituents is 1. The SMILES string of the molecule is CCOC(=O)C1=C(C)N=c2s/c(=C\c3ccc(-c4cc([N+](=O)[O-])ccc4OC)o3)c(=O)n2C1c1cccs1. The van der Waals surface area contributed by atoms with E-state index in [0.29, 0.717) is 43.4 Å². The molecule has 0 amide bonds. The summed E-state index contributed by atoms with van der Waals surface area (Å²) in [6, 6.07) is 10.6. The fourth-order valence-electron chi connectivity index (χ4n) is 4.21. The lowest BCUT2D eigenvalue weighted by atomic mass is 10.0. The third-order valence-electron chi connectivity index (χ3n) is 5.89. The molecule has 194 valence electrons. The smallest absolute Gasteiger partial charge is 0.338 e. The van der Waals surface area contributed by atoms with Crippen LogP contribution < -0.4 is 19.6 Å². The lowest BCUT2D eigenvalue weighted by Gasteiger charge is -2.23. The Bertz CT molecular complexity index is 1760. The van der Waals surface area contributed by atoms with E-state index in [1.54, 1.807) is 32.1 Å². The molecule has 1 aliphatic rings. The van der Waals surface area contributed by atoms with Crippen molar-refractivity contribution in [3.8, 4) is 17.1 Å². The average Bonchev–Trinajstić information content (AvgIpc) is 3.65. The highest BCUT2D eigenvalue weighted by molar-refractivity contribution is 7.10. The number of nitro groups is 1. The van der Waals surface area contributed by atoms with Crippen LogP contribution in [0.5, 0.6) is 5.75 Å². The van der Waals surface area contributed by atoms with E-state index >= 15 is 0 Å². The summed E-state index contributed by atoms with van der Waals surface area (Å²) in [5, 5.41) is 13.1. The van der Waals surface area contributed by atoms with Gasteiger partial charge in [-0.05, 0) is 43.5 Å². The molecule has 3 aromatic heterocycles. The van der Waals surface area contributed by atoms with Crippen LogP contribution in [0.1, 0.15) is 30.5 Å². The molecule has 1 aliphatic heterocycles. The maximum atomic E-state index is 13.6. The zero-order chi connectivity index (χ0) is 27.0. The summed E-state index contributed by atoms with van der Waals surface area (Å²) < 4.78 is 18.4. The minimum absolute atomic E-state index is 0.103. The number of nitro benzene ring substituents is 1. The van der Waals surface area contributed by atoms with Gasteiger partial charge >= 0.3 is 5.97 Å². The minimum Gasteiger partial charge on any atom is -0.496 e. The molecule has 0 saturated carbocycles. The molecule has 1 atom stereocenters. The molecule has 1 aromatic carbocycles. The number of rotatable bonds is 7. The molecule has 12 heteroatoms. The van der Waals surface area contributed by atoms with Gasteiger partial charge in [0.25, 0.3) is 11.2 Å². The average molecular weight is 552 g/mol. The number of hydrogen-bond acceptors (Lipinski definition) is 10. The molecule has 4 heterocycles. The predicted molar refractivity (Wildman–Crippen MR) is 142 cm³/mol. The fourth-order valence-corrected chi connectivity index (χ4v) is 6.06. The Balaban J connectivity index is 1.61. The largest absolute Gasteiger partial charge is 0.496 e. The van der Waals surface area contributed by atoms with E-state index in [4.69, 9.17) is 13.9 Å². The van der Waals surface area contributed by atoms with Crippen LogP contribution in [0.4, 0.5) is 5.69 Å². The van der Waals surface area contributed by atoms with Crippen LogP contribution in [0.25, 0.3) is 17.4 Å². The van der Waals surface area contributed by atoms with E-state index in [9.17, 15) is 19.7 Å². The Morgan fingerprint density at radius 3 is 2.79 bits per heavy atom. The van der Waals surface area contributed by atoms with Gasteiger partial charge in [-0.2, -0.15) is 0 Å². The lowest BCUT2D eigenvalue weighted by Crippen LogP contribution is -2.39. The van der Waals surface area contributed by atoms with Crippen molar-refractivity contribution in [2.75, 3.05) is 13.7 Å². The van der Waals surface area contributed by atoms with Gasteiger partial charge in [0.05, 0.1) is 40.0 Å². The van der Waals surface area contributed by atoms with Crippen molar-refractivity contribution < 1.29 is 23.6 Å². The second kappa shape index (κ2) is 10.2. The van der Waals surface area contributed by atoms with Crippen molar-refractivity contribution >= 4 is 40.4 Å². The molecule has 38 heavy (non-hydrogen) atoms. The molecular formula is C26H21N3O7S2. The summed E-state index contributed by atoms with van der Waals surface area (Å²) in [5.41, 5.74) is 0.801. The monoisotopic (exact) mass is 551 g/mol. The highest BCUT2D eigenvalue weighted by atomic mass is 32.1. The van der Waals surface area contributed by atoms with E-state index in [1.165, 1.54) is 52.5 Å². The van der Waals surface area contributed by atoms with Gasteiger partial charge in [0.1, 0.15) is 23.3 Å². The normalized spacial score (nSPS) is 15.2. The number of fused-ring (bicyclic) bond motifs is 1. The van der Waals surface area contributed by atoms with Gasteiger partial charge in [-0.15, -0.1) is 11.3 Å². The molecule has 1 unspecified atom stereocenters. The van der Waals surface area contributed by atoms with E-state index in [0.717, 1.165) is 4.88 Å². The summed E-state index contributed by atoms with van der Waals surface area (Å²) in [5.74, 6) is 0.617. The topological polar surface area (TPSA) is 126 Å². The Morgan fingerprint density at radius 2 is 2.11 bits per heavy atom. The number of nitrogens with zero attached hydrogens (tertiary/aromatic N) is 3. The molecule has 10 nitrogen and oxygen atoms in total. The second-order valence-corrected chi connectivity index (χ2v) is 10.1. The Labute approximate surface area is 223 Å². The maximum Gasteiger partial charge on any atom is 0.338 e. The van der Waals surface area contributed by atoms with Crippen molar-refractivity contribution in [2.45, 2.75) is 19.9 Å². The molecule has 5 rings (SSSR count). The number of methoxy groups -OCH3 is 1. The van der Waals surface area contributed by atoms with E-state index in [-0.39, 0.29) is 17.9 Å². The number of esters is 1. The first-order valence-electron chi connectivity index (χ1n) is 11.5. The van der Waals surface area contributed by atoms with Crippen molar-refractivity contribution in [2.24, 2.45) is 4.99 Å². The quantitative estimate of drug-likeness (QED) is 0.193. The van der Waals surface area contributed by atoms with Crippen molar-refractivity contribution in [1.29, 1.82) is 0 Å². The van der Waals surface area contributed by atoms with Gasteiger partial charge in [0.2, 0.25) is 0 Å². The number of hydrogen-bond donors (Lipinski definition) is 0. The number of thiazole rings is 1. The number of allylic oxidation sites excluding steroid dienone is 1. The third kappa shape index (κ3) is 4.48. The summed E-state index contributed by atoms with van der Waals surface area (Å²) >= 11 is 2.62. The highest BCUT2D eigenvalue weighted by Gasteiger charge is 2.34.